The van der Waals surface area contributed by atoms with E-state index in [1.807, 2.05) is 0 Å². The van der Waals surface area contributed by atoms with Crippen molar-refractivity contribution in [1.29, 1.82) is 0 Å². The Labute approximate surface area is 220 Å². The van der Waals surface area contributed by atoms with Gasteiger partial charge >= 0.3 is 11.9 Å². The van der Waals surface area contributed by atoms with Gasteiger partial charge in [0.05, 0.1) is 31.0 Å². The Bertz CT molecular complexity index is 1510. The van der Waals surface area contributed by atoms with Gasteiger partial charge in [-0.3, -0.25) is 9.59 Å². The summed E-state index contributed by atoms with van der Waals surface area (Å²) in [5.74, 6) is -0.917. The zero-order chi connectivity index (χ0) is 27.5. The van der Waals surface area contributed by atoms with Gasteiger partial charge < -0.3 is 28.8 Å². The van der Waals surface area contributed by atoms with Gasteiger partial charge in [-0.2, -0.15) is 10.1 Å². The van der Waals surface area contributed by atoms with Crippen molar-refractivity contribution in [3.63, 3.8) is 0 Å². The second-order valence-electron chi connectivity index (χ2n) is 8.28. The maximum Gasteiger partial charge on any atom is 0.339 e. The van der Waals surface area contributed by atoms with Crippen molar-refractivity contribution in [2.45, 2.75) is 12.8 Å². The van der Waals surface area contributed by atoms with Gasteiger partial charge in [-0.25, -0.2) is 14.6 Å². The first-order valence-electron chi connectivity index (χ1n) is 11.6. The van der Waals surface area contributed by atoms with Crippen LogP contribution in [0.5, 0.6) is 11.5 Å². The number of esters is 2. The number of anilines is 1. The van der Waals surface area contributed by atoms with E-state index in [0.717, 1.165) is 5.01 Å². The normalized spacial score (nSPS) is 14.1. The zero-order valence-corrected chi connectivity index (χ0v) is 20.8. The molecule has 0 radical (unpaired) electrons. The SMILES string of the molecule is COC(=O)c1ccc(C(=O)OC)c(NC(=O)CN2N=C(c3nc(-c4ccc5c(c4)OCO5)no3)CCC2=O)c1. The molecule has 0 saturated carbocycles. The van der Waals surface area contributed by atoms with E-state index in [1.54, 1.807) is 18.2 Å². The fraction of sp³-hybridized carbons (Fsp3) is 0.240. The molecular weight excluding hydrogens is 514 g/mol. The molecule has 1 N–H and O–H groups in total. The lowest BCUT2D eigenvalue weighted by Gasteiger charge is -2.22. The minimum Gasteiger partial charge on any atom is -0.465 e. The van der Waals surface area contributed by atoms with Crippen LogP contribution in [0.15, 0.2) is 46.0 Å². The van der Waals surface area contributed by atoms with E-state index in [4.69, 9.17) is 23.5 Å². The summed E-state index contributed by atoms with van der Waals surface area (Å²) in [5, 5.41) is 11.7. The molecule has 0 unspecified atom stereocenters. The summed E-state index contributed by atoms with van der Waals surface area (Å²) < 4.78 is 25.5. The number of hydrogen-bond acceptors (Lipinski definition) is 12. The quantitative estimate of drug-likeness (QED) is 0.439. The Balaban J connectivity index is 1.33. The predicted octanol–water partition coefficient (Wildman–Crippen LogP) is 2.00. The first-order valence-corrected chi connectivity index (χ1v) is 11.6. The number of methoxy groups -OCH3 is 2. The average molecular weight is 535 g/mol. The number of aromatic nitrogens is 2. The Hall–Kier alpha value is -5.27. The van der Waals surface area contributed by atoms with Crippen LogP contribution in [0.2, 0.25) is 0 Å². The molecule has 14 heteroatoms. The molecule has 0 spiro atoms. The van der Waals surface area contributed by atoms with Gasteiger partial charge in [0.15, 0.2) is 11.5 Å². The molecule has 2 amide bonds. The Morgan fingerprint density at radius 2 is 1.79 bits per heavy atom. The summed E-state index contributed by atoms with van der Waals surface area (Å²) in [6, 6.07) is 9.17. The first kappa shape index (κ1) is 25.4. The summed E-state index contributed by atoms with van der Waals surface area (Å²) in [5.41, 5.74) is 1.08. The topological polar surface area (TPSA) is 172 Å². The van der Waals surface area contributed by atoms with Gasteiger partial charge in [-0.05, 0) is 36.4 Å². The lowest BCUT2D eigenvalue weighted by atomic mass is 10.1. The largest absolute Gasteiger partial charge is 0.465 e. The van der Waals surface area contributed by atoms with Crippen molar-refractivity contribution in [2.24, 2.45) is 5.10 Å². The summed E-state index contributed by atoms with van der Waals surface area (Å²) in [7, 11) is 2.38. The number of ether oxygens (including phenoxy) is 4. The number of rotatable bonds is 7. The Kier molecular flexibility index (Phi) is 6.91. The molecule has 0 bridgehead atoms. The molecule has 0 fully saturated rings. The van der Waals surface area contributed by atoms with E-state index >= 15 is 0 Å². The molecule has 0 saturated heterocycles. The highest BCUT2D eigenvalue weighted by molar-refractivity contribution is 6.05. The molecular formula is C25H21N5O9. The standard InChI is InChI=1S/C25H21N5O9/c1-35-24(33)14-3-5-15(25(34)36-2)17(9-14)26-20(31)11-30-21(32)8-6-16(28-30)23-27-22(29-39-23)13-4-7-18-19(10-13)38-12-37-18/h3-5,7,9-10H,6,8,11-12H2,1-2H3,(H,26,31). The molecule has 39 heavy (non-hydrogen) atoms. The van der Waals surface area contributed by atoms with Crippen LogP contribution >= 0.6 is 0 Å². The molecule has 0 atom stereocenters. The van der Waals surface area contributed by atoms with Gasteiger partial charge in [0.1, 0.15) is 12.3 Å². The molecule has 3 aromatic rings. The van der Waals surface area contributed by atoms with Crippen LogP contribution in [0.1, 0.15) is 39.4 Å². The van der Waals surface area contributed by atoms with Gasteiger partial charge in [0, 0.05) is 18.4 Å². The number of fused-ring (bicyclic) bond motifs is 1. The molecule has 2 aliphatic heterocycles. The Morgan fingerprint density at radius 3 is 2.59 bits per heavy atom. The third-order valence-electron chi connectivity index (χ3n) is 5.82. The number of nitrogens with zero attached hydrogens (tertiary/aromatic N) is 4. The van der Waals surface area contributed by atoms with Crippen LogP contribution in [0.4, 0.5) is 5.69 Å². The number of carbonyl (C=O) groups is 4. The van der Waals surface area contributed by atoms with E-state index in [-0.39, 0.29) is 48.2 Å². The summed E-state index contributed by atoms with van der Waals surface area (Å²) in [6.45, 7) is -0.347. The number of amides is 2. The summed E-state index contributed by atoms with van der Waals surface area (Å²) >= 11 is 0. The fourth-order valence-electron chi connectivity index (χ4n) is 3.88. The maximum atomic E-state index is 12.8. The highest BCUT2D eigenvalue weighted by Gasteiger charge is 2.27. The summed E-state index contributed by atoms with van der Waals surface area (Å²) in [4.78, 5) is 53.8. The van der Waals surface area contributed by atoms with E-state index in [2.05, 4.69) is 20.6 Å². The van der Waals surface area contributed by atoms with Crippen LogP contribution in [0.25, 0.3) is 11.4 Å². The van der Waals surface area contributed by atoms with Crippen molar-refractivity contribution < 1.29 is 42.6 Å². The minimum atomic E-state index is -0.731. The Morgan fingerprint density at radius 1 is 1.00 bits per heavy atom. The third kappa shape index (κ3) is 5.25. The summed E-state index contributed by atoms with van der Waals surface area (Å²) in [6.07, 6.45) is 0.284. The van der Waals surface area contributed by atoms with Gasteiger partial charge in [-0.1, -0.05) is 5.16 Å². The molecule has 0 aliphatic carbocycles. The molecule has 2 aromatic carbocycles. The average Bonchev–Trinajstić information content (AvgIpc) is 3.63. The van der Waals surface area contributed by atoms with Crippen LogP contribution in [0.3, 0.4) is 0 Å². The smallest absolute Gasteiger partial charge is 0.339 e. The first-order chi connectivity index (χ1) is 18.9. The van der Waals surface area contributed by atoms with E-state index in [1.165, 1.54) is 32.4 Å². The van der Waals surface area contributed by atoms with Crippen LogP contribution in [-0.2, 0) is 19.1 Å². The van der Waals surface area contributed by atoms with Crippen molar-refractivity contribution in [3.8, 4) is 22.9 Å². The lowest BCUT2D eigenvalue weighted by Crippen LogP contribution is -2.38. The van der Waals surface area contributed by atoms with Crippen LogP contribution < -0.4 is 14.8 Å². The number of nitrogens with one attached hydrogen (secondary N) is 1. The number of carbonyl (C=O) groups excluding carboxylic acids is 4. The lowest BCUT2D eigenvalue weighted by molar-refractivity contribution is -0.135. The van der Waals surface area contributed by atoms with Crippen LogP contribution in [0, 0.1) is 0 Å². The maximum absolute atomic E-state index is 12.8. The third-order valence-corrected chi connectivity index (χ3v) is 5.82. The number of hydrogen-bond donors (Lipinski definition) is 1. The minimum absolute atomic E-state index is 0.00804. The second kappa shape index (κ2) is 10.6. The molecule has 200 valence electrons. The highest BCUT2D eigenvalue weighted by Crippen LogP contribution is 2.35. The van der Waals surface area contributed by atoms with Gasteiger partial charge in [0.2, 0.25) is 24.4 Å². The van der Waals surface area contributed by atoms with Crippen molar-refractivity contribution in [2.75, 3.05) is 32.9 Å². The molecule has 2 aliphatic rings. The van der Waals surface area contributed by atoms with Gasteiger partial charge in [0.25, 0.3) is 5.89 Å². The van der Waals surface area contributed by atoms with Crippen molar-refractivity contribution in [1.82, 2.24) is 15.1 Å². The number of benzene rings is 2. The van der Waals surface area contributed by atoms with E-state index < -0.39 is 30.3 Å². The van der Waals surface area contributed by atoms with Crippen molar-refractivity contribution in [3.05, 3.63) is 53.4 Å². The van der Waals surface area contributed by atoms with Crippen molar-refractivity contribution >= 4 is 35.2 Å². The molecule has 1 aromatic heterocycles. The monoisotopic (exact) mass is 535 g/mol. The zero-order valence-electron chi connectivity index (χ0n) is 20.8. The fourth-order valence-corrected chi connectivity index (χ4v) is 3.88. The predicted molar refractivity (Wildman–Crippen MR) is 131 cm³/mol. The van der Waals surface area contributed by atoms with E-state index in [0.29, 0.717) is 22.8 Å². The molecule has 14 nitrogen and oxygen atoms in total. The number of hydrazone groups is 1. The van der Waals surface area contributed by atoms with Crippen LogP contribution in [-0.4, -0.2) is 72.2 Å². The molecule has 5 rings (SSSR count). The van der Waals surface area contributed by atoms with E-state index in [9.17, 15) is 19.2 Å². The second-order valence-corrected chi connectivity index (χ2v) is 8.28. The van der Waals surface area contributed by atoms with Gasteiger partial charge in [-0.15, -0.1) is 0 Å². The highest BCUT2D eigenvalue weighted by atomic mass is 16.7. The molecule has 3 heterocycles.